The predicted molar refractivity (Wildman–Crippen MR) is 57.3 cm³/mol. The van der Waals surface area contributed by atoms with E-state index in [9.17, 15) is 0 Å². The Morgan fingerprint density at radius 2 is 1.33 bits per heavy atom. The average Bonchev–Trinajstić information content (AvgIpc) is 2.04. The second kappa shape index (κ2) is 3.81. The summed E-state index contributed by atoms with van der Waals surface area (Å²) < 4.78 is 0. The fraction of sp³-hybridized carbons (Fsp3) is 1.00. The van der Waals surface area contributed by atoms with Crippen molar-refractivity contribution >= 4 is 0 Å². The Bertz CT molecular complexity index is 133. The topological polar surface area (TPSA) is 0 Å². The zero-order chi connectivity index (χ0) is 9.99. The minimum Gasteiger partial charge on any atom is -0.0683 e. The summed E-state index contributed by atoms with van der Waals surface area (Å²) in [6.45, 7) is 15.9. The van der Waals surface area contributed by atoms with E-state index in [0.717, 1.165) is 5.92 Å². The van der Waals surface area contributed by atoms with E-state index in [1.165, 1.54) is 12.8 Å². The van der Waals surface area contributed by atoms with Crippen molar-refractivity contribution in [2.24, 2.45) is 16.7 Å². The summed E-state index contributed by atoms with van der Waals surface area (Å²) in [4.78, 5) is 0. The molecule has 0 bridgehead atoms. The van der Waals surface area contributed by atoms with Crippen LogP contribution in [0, 0.1) is 16.7 Å². The predicted octanol–water partition coefficient (Wildman–Crippen LogP) is 4.49. The molecule has 0 amide bonds. The lowest BCUT2D eigenvalue weighted by Gasteiger charge is -2.57. The summed E-state index contributed by atoms with van der Waals surface area (Å²) in [6.07, 6.45) is 2.85. The highest BCUT2D eigenvalue weighted by Gasteiger charge is 2.50. The first kappa shape index (κ1) is 12.0. The van der Waals surface area contributed by atoms with Crippen molar-refractivity contribution in [2.45, 2.75) is 61.3 Å². The molecule has 0 aliphatic heterocycles. The molecule has 0 radical (unpaired) electrons. The van der Waals surface area contributed by atoms with Gasteiger partial charge in [0.15, 0.2) is 0 Å². The Morgan fingerprint density at radius 3 is 1.33 bits per heavy atom. The maximum Gasteiger partial charge on any atom is -0.0251 e. The molecule has 1 fully saturated rings. The quantitative estimate of drug-likeness (QED) is 0.543. The van der Waals surface area contributed by atoms with Crippen LogP contribution in [0.3, 0.4) is 0 Å². The minimum atomic E-state index is 0.598. The second-order valence-corrected chi connectivity index (χ2v) is 4.96. The standard InChI is InChI=1S/C10H20.C2H6/c1-8(2)10(5)7-6-9(10,3)4;1-2/h8H,6-7H2,1-5H3;1-2H3. The molecule has 0 spiro atoms. The van der Waals surface area contributed by atoms with Crippen LogP contribution >= 0.6 is 0 Å². The van der Waals surface area contributed by atoms with Gasteiger partial charge in [0.05, 0.1) is 0 Å². The van der Waals surface area contributed by atoms with E-state index in [1.807, 2.05) is 13.8 Å². The average molecular weight is 170 g/mol. The van der Waals surface area contributed by atoms with Gasteiger partial charge in [0, 0.05) is 0 Å². The maximum atomic E-state index is 2.43. The first-order valence-electron chi connectivity index (χ1n) is 5.40. The van der Waals surface area contributed by atoms with Crippen molar-refractivity contribution in [2.75, 3.05) is 0 Å². The lowest BCUT2D eigenvalue weighted by atomic mass is 9.48. The molecule has 0 N–H and O–H groups in total. The van der Waals surface area contributed by atoms with Crippen molar-refractivity contribution in [1.29, 1.82) is 0 Å². The molecular formula is C12H26. The van der Waals surface area contributed by atoms with Gasteiger partial charge in [0.25, 0.3) is 0 Å². The van der Waals surface area contributed by atoms with Gasteiger partial charge in [0.2, 0.25) is 0 Å². The lowest BCUT2D eigenvalue weighted by Crippen LogP contribution is -2.48. The van der Waals surface area contributed by atoms with Crippen LogP contribution < -0.4 is 0 Å². The van der Waals surface area contributed by atoms with Gasteiger partial charge in [0.1, 0.15) is 0 Å². The van der Waals surface area contributed by atoms with Gasteiger partial charge in [-0.2, -0.15) is 0 Å². The van der Waals surface area contributed by atoms with Gasteiger partial charge >= 0.3 is 0 Å². The van der Waals surface area contributed by atoms with E-state index in [4.69, 9.17) is 0 Å². The summed E-state index contributed by atoms with van der Waals surface area (Å²) in [5.74, 6) is 0.844. The highest BCUT2D eigenvalue weighted by atomic mass is 14.5. The fourth-order valence-corrected chi connectivity index (χ4v) is 2.09. The molecule has 1 saturated carbocycles. The highest BCUT2D eigenvalue weighted by Crippen LogP contribution is 2.59. The highest BCUT2D eigenvalue weighted by molar-refractivity contribution is 5.00. The molecule has 0 aromatic heterocycles. The van der Waals surface area contributed by atoms with Crippen LogP contribution in [0.2, 0.25) is 0 Å². The molecule has 0 aromatic carbocycles. The van der Waals surface area contributed by atoms with Crippen molar-refractivity contribution in [3.8, 4) is 0 Å². The molecule has 1 atom stereocenters. The van der Waals surface area contributed by atoms with Gasteiger partial charge in [-0.25, -0.2) is 0 Å². The van der Waals surface area contributed by atoms with E-state index in [2.05, 4.69) is 34.6 Å². The largest absolute Gasteiger partial charge is 0.0683 e. The third-order valence-corrected chi connectivity index (χ3v) is 4.09. The van der Waals surface area contributed by atoms with Gasteiger partial charge in [-0.15, -0.1) is 0 Å². The van der Waals surface area contributed by atoms with Crippen LogP contribution in [-0.4, -0.2) is 0 Å². The molecule has 0 heteroatoms. The molecule has 0 saturated heterocycles. The molecular weight excluding hydrogens is 144 g/mol. The van der Waals surface area contributed by atoms with Gasteiger partial charge in [-0.1, -0.05) is 48.5 Å². The molecule has 1 rings (SSSR count). The van der Waals surface area contributed by atoms with E-state index in [0.29, 0.717) is 10.8 Å². The first-order chi connectivity index (χ1) is 5.40. The maximum absolute atomic E-state index is 2.43. The Kier molecular flexibility index (Phi) is 3.81. The molecule has 1 aliphatic carbocycles. The monoisotopic (exact) mass is 170 g/mol. The number of hydrogen-bond donors (Lipinski definition) is 0. The van der Waals surface area contributed by atoms with Crippen molar-refractivity contribution < 1.29 is 0 Å². The normalized spacial score (nSPS) is 32.0. The Labute approximate surface area is 78.8 Å². The zero-order valence-corrected chi connectivity index (χ0v) is 9.99. The van der Waals surface area contributed by atoms with E-state index < -0.39 is 0 Å². The van der Waals surface area contributed by atoms with Gasteiger partial charge < -0.3 is 0 Å². The van der Waals surface area contributed by atoms with Crippen LogP contribution in [0.4, 0.5) is 0 Å². The van der Waals surface area contributed by atoms with Crippen LogP contribution in [0.1, 0.15) is 61.3 Å². The number of hydrogen-bond acceptors (Lipinski definition) is 0. The zero-order valence-electron chi connectivity index (χ0n) is 9.99. The van der Waals surface area contributed by atoms with Gasteiger partial charge in [-0.3, -0.25) is 0 Å². The molecule has 12 heavy (non-hydrogen) atoms. The van der Waals surface area contributed by atoms with Crippen LogP contribution in [0.25, 0.3) is 0 Å². The van der Waals surface area contributed by atoms with Gasteiger partial charge in [-0.05, 0) is 29.6 Å². The molecule has 0 heterocycles. The minimum absolute atomic E-state index is 0.598. The Hall–Kier alpha value is 0. The smallest absolute Gasteiger partial charge is 0.0251 e. The van der Waals surface area contributed by atoms with E-state index >= 15 is 0 Å². The molecule has 1 aliphatic rings. The summed E-state index contributed by atoms with van der Waals surface area (Å²) in [5.41, 5.74) is 1.22. The van der Waals surface area contributed by atoms with Crippen LogP contribution in [0.15, 0.2) is 0 Å². The Morgan fingerprint density at radius 1 is 0.917 bits per heavy atom. The van der Waals surface area contributed by atoms with Crippen molar-refractivity contribution in [3.05, 3.63) is 0 Å². The summed E-state index contributed by atoms with van der Waals surface area (Å²) in [6, 6.07) is 0. The lowest BCUT2D eigenvalue weighted by molar-refractivity contribution is -0.0735. The molecule has 1 unspecified atom stereocenters. The SMILES string of the molecule is CC.CC(C)C1(C)CCC1(C)C. The van der Waals surface area contributed by atoms with Crippen LogP contribution in [0.5, 0.6) is 0 Å². The second-order valence-electron chi connectivity index (χ2n) is 4.96. The molecule has 0 aromatic rings. The number of rotatable bonds is 1. The third-order valence-electron chi connectivity index (χ3n) is 4.09. The van der Waals surface area contributed by atoms with Crippen molar-refractivity contribution in [3.63, 3.8) is 0 Å². The van der Waals surface area contributed by atoms with E-state index in [1.54, 1.807) is 0 Å². The summed E-state index contributed by atoms with van der Waals surface area (Å²) >= 11 is 0. The molecule has 74 valence electrons. The Balaban J connectivity index is 0.000000561. The van der Waals surface area contributed by atoms with Crippen molar-refractivity contribution in [1.82, 2.24) is 0 Å². The summed E-state index contributed by atoms with van der Waals surface area (Å²) in [5, 5.41) is 0. The molecule has 0 nitrogen and oxygen atoms in total. The fourth-order valence-electron chi connectivity index (χ4n) is 2.09. The summed E-state index contributed by atoms with van der Waals surface area (Å²) in [7, 11) is 0. The van der Waals surface area contributed by atoms with Crippen LogP contribution in [-0.2, 0) is 0 Å². The first-order valence-corrected chi connectivity index (χ1v) is 5.40. The third kappa shape index (κ3) is 1.67. The van der Waals surface area contributed by atoms with E-state index in [-0.39, 0.29) is 0 Å².